The summed E-state index contributed by atoms with van der Waals surface area (Å²) in [6, 6.07) is 10.7. The van der Waals surface area contributed by atoms with Crippen molar-refractivity contribution >= 4 is 11.9 Å². The summed E-state index contributed by atoms with van der Waals surface area (Å²) in [7, 11) is 0. The van der Waals surface area contributed by atoms with Crippen LogP contribution in [0.25, 0.3) is 5.69 Å². The van der Waals surface area contributed by atoms with Crippen LogP contribution in [0.1, 0.15) is 23.0 Å². The molecule has 1 saturated heterocycles. The molecule has 3 heterocycles. The minimum absolute atomic E-state index is 0.117. The Bertz CT molecular complexity index is 1110. The highest BCUT2D eigenvalue weighted by Crippen LogP contribution is 2.17. The molecule has 9 heteroatoms. The summed E-state index contributed by atoms with van der Waals surface area (Å²) >= 11 is 0. The third kappa shape index (κ3) is 4.40. The number of ether oxygens (including phenoxy) is 1. The van der Waals surface area contributed by atoms with Crippen molar-refractivity contribution in [1.82, 2.24) is 24.6 Å². The van der Waals surface area contributed by atoms with Crippen LogP contribution in [0.2, 0.25) is 0 Å². The van der Waals surface area contributed by atoms with Gasteiger partial charge in [0, 0.05) is 38.6 Å². The van der Waals surface area contributed by atoms with Crippen molar-refractivity contribution in [3.05, 3.63) is 70.3 Å². The SMILES string of the molecule is CCOc1cc(=O)c(C(=O)N2CCN(c3ncccn3)CC2)nn1-c1ccc(C)cc1. The maximum atomic E-state index is 13.1. The molecule has 1 fully saturated rings. The van der Waals surface area contributed by atoms with Crippen LogP contribution in [0.4, 0.5) is 5.95 Å². The number of benzene rings is 1. The van der Waals surface area contributed by atoms with E-state index in [1.54, 1.807) is 23.4 Å². The van der Waals surface area contributed by atoms with Gasteiger partial charge in [0.15, 0.2) is 5.69 Å². The molecule has 1 amide bonds. The Morgan fingerprint density at radius 3 is 2.39 bits per heavy atom. The van der Waals surface area contributed by atoms with Gasteiger partial charge in [-0.3, -0.25) is 9.59 Å². The molecular formula is C22H24N6O3. The van der Waals surface area contributed by atoms with Crippen molar-refractivity contribution in [1.29, 1.82) is 0 Å². The molecule has 0 unspecified atom stereocenters. The highest BCUT2D eigenvalue weighted by Gasteiger charge is 2.27. The van der Waals surface area contributed by atoms with Crippen LogP contribution in [0.3, 0.4) is 0 Å². The van der Waals surface area contributed by atoms with E-state index in [2.05, 4.69) is 15.1 Å². The van der Waals surface area contributed by atoms with E-state index in [9.17, 15) is 9.59 Å². The van der Waals surface area contributed by atoms with Gasteiger partial charge in [-0.2, -0.15) is 5.10 Å². The molecule has 4 rings (SSSR count). The fourth-order valence-corrected chi connectivity index (χ4v) is 3.42. The van der Waals surface area contributed by atoms with Crippen molar-refractivity contribution in [2.24, 2.45) is 0 Å². The predicted molar refractivity (Wildman–Crippen MR) is 116 cm³/mol. The quantitative estimate of drug-likeness (QED) is 0.620. The zero-order valence-corrected chi connectivity index (χ0v) is 17.6. The maximum Gasteiger partial charge on any atom is 0.278 e. The fraction of sp³-hybridized carbons (Fsp3) is 0.318. The van der Waals surface area contributed by atoms with Crippen LogP contribution in [-0.2, 0) is 0 Å². The molecule has 2 aromatic heterocycles. The standard InChI is InChI=1S/C22H24N6O3/c1-3-31-19-15-18(29)20(25-28(19)17-7-5-16(2)6-8-17)21(30)26-11-13-27(14-12-26)22-23-9-4-10-24-22/h4-10,15H,3,11-14H2,1-2H3. The smallest absolute Gasteiger partial charge is 0.278 e. The van der Waals surface area contributed by atoms with Crippen molar-refractivity contribution < 1.29 is 9.53 Å². The third-order valence-corrected chi connectivity index (χ3v) is 5.07. The number of rotatable bonds is 5. The van der Waals surface area contributed by atoms with E-state index in [4.69, 9.17) is 4.74 Å². The second-order valence-corrected chi connectivity index (χ2v) is 7.20. The first kappa shape index (κ1) is 20.5. The zero-order chi connectivity index (χ0) is 21.8. The van der Waals surface area contributed by atoms with Gasteiger partial charge in [-0.1, -0.05) is 17.7 Å². The molecule has 0 spiro atoms. The Morgan fingerprint density at radius 2 is 1.74 bits per heavy atom. The van der Waals surface area contributed by atoms with Gasteiger partial charge in [-0.25, -0.2) is 14.6 Å². The number of hydrogen-bond acceptors (Lipinski definition) is 7. The van der Waals surface area contributed by atoms with Crippen molar-refractivity contribution in [3.63, 3.8) is 0 Å². The fourth-order valence-electron chi connectivity index (χ4n) is 3.42. The lowest BCUT2D eigenvalue weighted by Crippen LogP contribution is -2.50. The largest absolute Gasteiger partial charge is 0.478 e. The van der Waals surface area contributed by atoms with Crippen LogP contribution in [-0.4, -0.2) is 63.3 Å². The summed E-state index contributed by atoms with van der Waals surface area (Å²) in [5.41, 5.74) is 1.24. The monoisotopic (exact) mass is 420 g/mol. The summed E-state index contributed by atoms with van der Waals surface area (Å²) in [6.45, 7) is 6.27. The van der Waals surface area contributed by atoms with E-state index in [1.165, 1.54) is 10.7 Å². The average Bonchev–Trinajstić information content (AvgIpc) is 2.80. The molecule has 0 N–H and O–H groups in total. The molecule has 3 aromatic rings. The van der Waals surface area contributed by atoms with Crippen LogP contribution >= 0.6 is 0 Å². The summed E-state index contributed by atoms with van der Waals surface area (Å²) in [5, 5.41) is 4.39. The van der Waals surface area contributed by atoms with Gasteiger partial charge in [0.25, 0.3) is 5.91 Å². The first-order chi connectivity index (χ1) is 15.1. The van der Waals surface area contributed by atoms with Gasteiger partial charge in [0.1, 0.15) is 0 Å². The van der Waals surface area contributed by atoms with E-state index in [-0.39, 0.29) is 11.6 Å². The van der Waals surface area contributed by atoms with Gasteiger partial charge in [-0.05, 0) is 32.0 Å². The van der Waals surface area contributed by atoms with E-state index in [1.807, 2.05) is 43.0 Å². The number of anilines is 1. The van der Waals surface area contributed by atoms with Gasteiger partial charge in [0.2, 0.25) is 17.3 Å². The van der Waals surface area contributed by atoms with Crippen molar-refractivity contribution in [2.45, 2.75) is 13.8 Å². The van der Waals surface area contributed by atoms with Crippen molar-refractivity contribution in [2.75, 3.05) is 37.7 Å². The average molecular weight is 420 g/mol. The third-order valence-electron chi connectivity index (χ3n) is 5.07. The number of aromatic nitrogens is 4. The molecule has 31 heavy (non-hydrogen) atoms. The summed E-state index contributed by atoms with van der Waals surface area (Å²) in [4.78, 5) is 38.0. The predicted octanol–water partition coefficient (Wildman–Crippen LogP) is 1.69. The van der Waals surface area contributed by atoms with E-state index in [0.717, 1.165) is 5.56 Å². The minimum Gasteiger partial charge on any atom is -0.478 e. The Kier molecular flexibility index (Phi) is 5.92. The lowest BCUT2D eigenvalue weighted by atomic mass is 10.2. The number of amides is 1. The Balaban J connectivity index is 1.59. The molecule has 0 bridgehead atoms. The normalized spacial score (nSPS) is 13.9. The highest BCUT2D eigenvalue weighted by atomic mass is 16.5. The first-order valence-corrected chi connectivity index (χ1v) is 10.2. The molecule has 1 aromatic carbocycles. The Morgan fingerprint density at radius 1 is 1.06 bits per heavy atom. The molecule has 1 aliphatic rings. The van der Waals surface area contributed by atoms with Gasteiger partial charge >= 0.3 is 0 Å². The first-order valence-electron chi connectivity index (χ1n) is 10.2. The number of nitrogens with zero attached hydrogens (tertiary/aromatic N) is 6. The van der Waals surface area contributed by atoms with Crippen LogP contribution in [0.15, 0.2) is 53.6 Å². The molecule has 0 atom stereocenters. The summed E-state index contributed by atoms with van der Waals surface area (Å²) < 4.78 is 7.11. The zero-order valence-electron chi connectivity index (χ0n) is 17.6. The Hall–Kier alpha value is -3.75. The molecule has 9 nitrogen and oxygen atoms in total. The molecule has 0 saturated carbocycles. The molecule has 160 valence electrons. The topological polar surface area (TPSA) is 93.5 Å². The summed E-state index contributed by atoms with van der Waals surface area (Å²) in [6.07, 6.45) is 3.38. The number of hydrogen-bond donors (Lipinski definition) is 0. The van der Waals surface area contributed by atoms with Crippen LogP contribution in [0, 0.1) is 6.92 Å². The van der Waals surface area contributed by atoms with Gasteiger partial charge in [-0.15, -0.1) is 0 Å². The maximum absolute atomic E-state index is 13.1. The molecule has 1 aliphatic heterocycles. The van der Waals surface area contributed by atoms with E-state index >= 15 is 0 Å². The van der Waals surface area contributed by atoms with Gasteiger partial charge in [0.05, 0.1) is 18.4 Å². The number of carbonyl (C=O) groups is 1. The summed E-state index contributed by atoms with van der Waals surface area (Å²) in [5.74, 6) is 0.553. The number of carbonyl (C=O) groups excluding carboxylic acids is 1. The molecule has 0 aliphatic carbocycles. The highest BCUT2D eigenvalue weighted by molar-refractivity contribution is 5.92. The minimum atomic E-state index is -0.453. The second kappa shape index (κ2) is 8.95. The van der Waals surface area contributed by atoms with Crippen LogP contribution in [0.5, 0.6) is 5.88 Å². The van der Waals surface area contributed by atoms with Gasteiger partial charge < -0.3 is 14.5 Å². The van der Waals surface area contributed by atoms with E-state index in [0.29, 0.717) is 50.3 Å². The van der Waals surface area contributed by atoms with Crippen molar-refractivity contribution in [3.8, 4) is 11.6 Å². The van der Waals surface area contributed by atoms with Crippen LogP contribution < -0.4 is 15.1 Å². The van der Waals surface area contributed by atoms with E-state index < -0.39 is 5.43 Å². The Labute approximate surface area is 179 Å². The molecular weight excluding hydrogens is 396 g/mol. The lowest BCUT2D eigenvalue weighted by Gasteiger charge is -2.34. The lowest BCUT2D eigenvalue weighted by molar-refractivity contribution is 0.0736. The number of piperazine rings is 1. The second-order valence-electron chi connectivity index (χ2n) is 7.20. The molecule has 0 radical (unpaired) electrons. The number of aryl methyl sites for hydroxylation is 1.